The van der Waals surface area contributed by atoms with Gasteiger partial charge in [0.1, 0.15) is 12.2 Å². The third-order valence-electron chi connectivity index (χ3n) is 4.25. The number of carbonyl (C=O) groups excluding carboxylic acids is 1. The molecule has 0 radical (unpaired) electrons. The quantitative estimate of drug-likeness (QED) is 0.585. The average molecular weight is 240 g/mol. The molecule has 5 heteroatoms. The Morgan fingerprint density at radius 3 is 2.59 bits per heavy atom. The molecule has 0 aromatic heterocycles. The van der Waals surface area contributed by atoms with E-state index in [1.807, 2.05) is 0 Å². The third-order valence-corrected chi connectivity index (χ3v) is 4.25. The van der Waals surface area contributed by atoms with Gasteiger partial charge in [0.15, 0.2) is 18.0 Å². The highest BCUT2D eigenvalue weighted by molar-refractivity contribution is 5.77. The molecule has 2 bridgehead atoms. The van der Waals surface area contributed by atoms with Crippen LogP contribution >= 0.6 is 0 Å². The van der Waals surface area contributed by atoms with Crippen LogP contribution in [0.4, 0.5) is 0 Å². The van der Waals surface area contributed by atoms with Crippen LogP contribution < -0.4 is 0 Å². The Bertz CT molecular complexity index is 349. The summed E-state index contributed by atoms with van der Waals surface area (Å²) in [5.74, 6) is -0.759. The third kappa shape index (κ3) is 1.39. The second kappa shape index (κ2) is 3.43. The zero-order valence-electron chi connectivity index (χ0n) is 9.59. The maximum absolute atomic E-state index is 11.6. The Kier molecular flexibility index (Phi) is 2.08. The van der Waals surface area contributed by atoms with Crippen LogP contribution in [0.5, 0.6) is 0 Å². The number of carbonyl (C=O) groups is 1. The van der Waals surface area contributed by atoms with Gasteiger partial charge >= 0.3 is 5.97 Å². The summed E-state index contributed by atoms with van der Waals surface area (Å²) >= 11 is 0. The van der Waals surface area contributed by atoms with Crippen molar-refractivity contribution in [2.45, 2.75) is 62.3 Å². The molecule has 1 saturated carbocycles. The standard InChI is InChI=1S/C12H16O5/c13-11-10-9-8(7(15-11)6-14-10)16-12(17-9)4-2-1-3-5-12/h7-10H,1-6H2/t7-,8+,9+,10+/m1/s1. The molecule has 17 heavy (non-hydrogen) atoms. The van der Waals surface area contributed by atoms with Crippen molar-refractivity contribution in [3.8, 4) is 0 Å². The monoisotopic (exact) mass is 240 g/mol. The van der Waals surface area contributed by atoms with E-state index in [2.05, 4.69) is 0 Å². The van der Waals surface area contributed by atoms with Crippen LogP contribution in [-0.4, -0.2) is 42.8 Å². The van der Waals surface area contributed by atoms with Crippen molar-refractivity contribution in [1.29, 1.82) is 0 Å². The van der Waals surface area contributed by atoms with E-state index in [0.717, 1.165) is 25.7 Å². The number of ether oxygens (including phenoxy) is 4. The molecule has 5 fully saturated rings. The SMILES string of the molecule is O=C1O[C@@H]2CO[C@H]1[C@H]1OC3(CCCCC3)O[C@H]12. The van der Waals surface area contributed by atoms with Gasteiger partial charge < -0.3 is 18.9 Å². The number of fused-ring (bicyclic) bond motifs is 2. The lowest BCUT2D eigenvalue weighted by molar-refractivity contribution is -0.229. The minimum absolute atomic E-state index is 0.121. The highest BCUT2D eigenvalue weighted by atomic mass is 16.8. The van der Waals surface area contributed by atoms with Gasteiger partial charge in [-0.1, -0.05) is 6.42 Å². The molecule has 94 valence electrons. The van der Waals surface area contributed by atoms with Crippen LogP contribution in [0.1, 0.15) is 32.1 Å². The number of hydrogen-bond donors (Lipinski definition) is 0. The Labute approximate surface area is 99.3 Å². The van der Waals surface area contributed by atoms with E-state index in [9.17, 15) is 4.79 Å². The van der Waals surface area contributed by atoms with E-state index in [1.54, 1.807) is 0 Å². The summed E-state index contributed by atoms with van der Waals surface area (Å²) in [7, 11) is 0. The van der Waals surface area contributed by atoms with Crippen LogP contribution in [0.25, 0.3) is 0 Å². The van der Waals surface area contributed by atoms with Crippen LogP contribution in [0.3, 0.4) is 0 Å². The van der Waals surface area contributed by atoms with Gasteiger partial charge in [0.2, 0.25) is 0 Å². The molecule has 1 spiro atoms. The maximum Gasteiger partial charge on any atom is 0.338 e. The fourth-order valence-electron chi connectivity index (χ4n) is 3.41. The summed E-state index contributed by atoms with van der Waals surface area (Å²) < 4.78 is 22.9. The first kappa shape index (κ1) is 10.3. The first-order valence-electron chi connectivity index (χ1n) is 6.45. The number of rotatable bonds is 0. The van der Waals surface area contributed by atoms with Crippen molar-refractivity contribution in [1.82, 2.24) is 0 Å². The second-order valence-corrected chi connectivity index (χ2v) is 5.37. The fourth-order valence-corrected chi connectivity index (χ4v) is 3.41. The van der Waals surface area contributed by atoms with Gasteiger partial charge in [0.05, 0.1) is 6.61 Å². The zero-order valence-corrected chi connectivity index (χ0v) is 9.59. The fraction of sp³-hybridized carbons (Fsp3) is 0.917. The van der Waals surface area contributed by atoms with Gasteiger partial charge in [-0.15, -0.1) is 0 Å². The molecular formula is C12H16O5. The summed E-state index contributed by atoms with van der Waals surface area (Å²) in [6.45, 7) is 0.441. The lowest BCUT2D eigenvalue weighted by Gasteiger charge is -2.41. The molecule has 1 aliphatic carbocycles. The molecule has 0 aromatic rings. The van der Waals surface area contributed by atoms with Gasteiger partial charge in [0.25, 0.3) is 0 Å². The van der Waals surface area contributed by atoms with Gasteiger partial charge in [-0.05, 0) is 12.8 Å². The van der Waals surface area contributed by atoms with Crippen LogP contribution in [0.15, 0.2) is 0 Å². The van der Waals surface area contributed by atoms with Gasteiger partial charge in [-0.25, -0.2) is 4.79 Å². The topological polar surface area (TPSA) is 54.0 Å². The van der Waals surface area contributed by atoms with Crippen molar-refractivity contribution in [3.05, 3.63) is 0 Å². The van der Waals surface area contributed by atoms with Crippen molar-refractivity contribution in [3.63, 3.8) is 0 Å². The van der Waals surface area contributed by atoms with Crippen molar-refractivity contribution in [2.24, 2.45) is 0 Å². The van der Waals surface area contributed by atoms with E-state index in [0.29, 0.717) is 6.61 Å². The highest BCUT2D eigenvalue weighted by Crippen LogP contribution is 2.46. The Hall–Kier alpha value is -0.650. The molecule has 0 N–H and O–H groups in total. The van der Waals surface area contributed by atoms with Crippen molar-refractivity contribution < 1.29 is 23.7 Å². The molecule has 0 unspecified atom stereocenters. The lowest BCUT2D eigenvalue weighted by Crippen LogP contribution is -2.61. The minimum atomic E-state index is -0.577. The smallest absolute Gasteiger partial charge is 0.338 e. The number of esters is 1. The normalized spacial score (nSPS) is 46.9. The highest BCUT2D eigenvalue weighted by Gasteiger charge is 2.61. The molecular weight excluding hydrogens is 224 g/mol. The summed E-state index contributed by atoms with van der Waals surface area (Å²) in [6.07, 6.45) is 4.11. The molecule has 5 aliphatic rings. The first-order chi connectivity index (χ1) is 8.27. The largest absolute Gasteiger partial charge is 0.455 e. The maximum atomic E-state index is 11.6. The van der Waals surface area contributed by atoms with E-state index < -0.39 is 11.9 Å². The van der Waals surface area contributed by atoms with Gasteiger partial charge in [-0.2, -0.15) is 0 Å². The lowest BCUT2D eigenvalue weighted by atomic mass is 9.94. The number of hydrogen-bond acceptors (Lipinski definition) is 5. The Balaban J connectivity index is 1.62. The summed E-state index contributed by atoms with van der Waals surface area (Å²) in [5, 5.41) is 0. The first-order valence-corrected chi connectivity index (χ1v) is 6.45. The predicted octanol–water partition coefficient (Wildman–Crippen LogP) is 0.755. The summed E-state index contributed by atoms with van der Waals surface area (Å²) in [4.78, 5) is 11.6. The molecule has 4 atom stereocenters. The Morgan fingerprint density at radius 1 is 1.06 bits per heavy atom. The molecule has 4 saturated heterocycles. The van der Waals surface area contributed by atoms with Crippen LogP contribution in [-0.2, 0) is 23.7 Å². The molecule has 5 rings (SSSR count). The minimum Gasteiger partial charge on any atom is -0.455 e. The average Bonchev–Trinajstić information content (AvgIpc) is 2.70. The second-order valence-electron chi connectivity index (χ2n) is 5.37. The van der Waals surface area contributed by atoms with Crippen molar-refractivity contribution in [2.75, 3.05) is 6.61 Å². The van der Waals surface area contributed by atoms with Crippen LogP contribution in [0.2, 0.25) is 0 Å². The predicted molar refractivity (Wildman–Crippen MR) is 55.2 cm³/mol. The van der Waals surface area contributed by atoms with Crippen LogP contribution in [0, 0.1) is 0 Å². The van der Waals surface area contributed by atoms with Gasteiger partial charge in [-0.3, -0.25) is 0 Å². The summed E-state index contributed by atoms with van der Waals surface area (Å²) in [5.41, 5.74) is 0. The molecule has 5 nitrogen and oxygen atoms in total. The van der Waals surface area contributed by atoms with E-state index in [1.165, 1.54) is 6.42 Å². The molecule has 4 heterocycles. The zero-order chi connectivity index (χ0) is 11.5. The van der Waals surface area contributed by atoms with E-state index in [4.69, 9.17) is 18.9 Å². The molecule has 4 aliphatic heterocycles. The van der Waals surface area contributed by atoms with E-state index >= 15 is 0 Å². The van der Waals surface area contributed by atoms with Crippen molar-refractivity contribution >= 4 is 5.97 Å². The molecule has 0 aromatic carbocycles. The Morgan fingerprint density at radius 2 is 1.82 bits per heavy atom. The molecule has 0 amide bonds. The summed E-state index contributed by atoms with van der Waals surface area (Å²) in [6, 6.07) is 0. The van der Waals surface area contributed by atoms with Gasteiger partial charge in [0, 0.05) is 12.8 Å². The van der Waals surface area contributed by atoms with E-state index in [-0.39, 0.29) is 24.3 Å².